The van der Waals surface area contributed by atoms with Crippen molar-refractivity contribution in [3.05, 3.63) is 11.3 Å². The van der Waals surface area contributed by atoms with Crippen molar-refractivity contribution in [2.24, 2.45) is 16.3 Å². The Bertz CT molecular complexity index is 462. The van der Waals surface area contributed by atoms with E-state index in [4.69, 9.17) is 5.11 Å². The average Bonchev–Trinajstić information content (AvgIpc) is 2.30. The number of rotatable bonds is 5. The highest BCUT2D eigenvalue weighted by Gasteiger charge is 2.32. The highest BCUT2D eigenvalue weighted by Crippen LogP contribution is 2.35. The summed E-state index contributed by atoms with van der Waals surface area (Å²) < 4.78 is 0. The molecule has 0 radical (unpaired) electrons. The first-order chi connectivity index (χ1) is 9.18. The quantitative estimate of drug-likeness (QED) is 0.758. The molecule has 0 aromatic heterocycles. The minimum absolute atomic E-state index is 0.00305. The molecule has 0 amide bonds. The summed E-state index contributed by atoms with van der Waals surface area (Å²) >= 11 is 0. The number of carboxylic acid groups (broad SMARTS) is 1. The maximum absolute atomic E-state index is 12.0. The second-order valence-electron chi connectivity index (χ2n) is 6.25. The van der Waals surface area contributed by atoms with E-state index < -0.39 is 12.0 Å². The van der Waals surface area contributed by atoms with Gasteiger partial charge in [0.15, 0.2) is 5.78 Å². The van der Waals surface area contributed by atoms with Crippen LogP contribution in [-0.4, -0.2) is 34.2 Å². The fraction of sp³-hybridized carbons (Fsp3) is 0.667. The molecule has 0 fully saturated rings. The SMILES string of the molecule is CC[C@H](C)[C@H](N=CC1=C(O)CC(C)(C)CC1=O)C(=O)O. The number of aliphatic carboxylic acids is 1. The van der Waals surface area contributed by atoms with Gasteiger partial charge in [-0.3, -0.25) is 9.79 Å². The van der Waals surface area contributed by atoms with E-state index in [1.54, 1.807) is 6.92 Å². The number of aliphatic imine (C=N–C) groups is 1. The van der Waals surface area contributed by atoms with E-state index in [0.29, 0.717) is 19.3 Å². The molecule has 1 aliphatic carbocycles. The maximum atomic E-state index is 12.0. The maximum Gasteiger partial charge on any atom is 0.328 e. The lowest BCUT2D eigenvalue weighted by Gasteiger charge is -2.28. The van der Waals surface area contributed by atoms with Crippen LogP contribution in [0.5, 0.6) is 0 Å². The third-order valence-electron chi connectivity index (χ3n) is 3.70. The standard InChI is InChI=1S/C15H23NO4/c1-5-9(2)13(14(19)20)16-8-10-11(17)6-15(3,4)7-12(10)18/h8-9,13,17H,5-7H2,1-4H3,(H,19,20)/t9-,13-/m0/s1. The number of allylic oxidation sites excluding steroid dienone is 2. The van der Waals surface area contributed by atoms with Gasteiger partial charge in [-0.2, -0.15) is 0 Å². The molecule has 0 saturated carbocycles. The zero-order valence-corrected chi connectivity index (χ0v) is 12.5. The first-order valence-electron chi connectivity index (χ1n) is 6.89. The zero-order valence-electron chi connectivity index (χ0n) is 12.5. The Balaban J connectivity index is 2.98. The molecule has 2 N–H and O–H groups in total. The van der Waals surface area contributed by atoms with Crippen LogP contribution >= 0.6 is 0 Å². The van der Waals surface area contributed by atoms with Gasteiger partial charge >= 0.3 is 5.97 Å². The average molecular weight is 281 g/mol. The summed E-state index contributed by atoms with van der Waals surface area (Å²) in [5.74, 6) is -1.32. The van der Waals surface area contributed by atoms with Gasteiger partial charge in [0, 0.05) is 19.1 Å². The molecule has 5 heteroatoms. The molecule has 112 valence electrons. The minimum Gasteiger partial charge on any atom is -0.511 e. The predicted molar refractivity (Wildman–Crippen MR) is 77.0 cm³/mol. The number of ketones is 1. The predicted octanol–water partition coefficient (Wildman–Crippen LogP) is 2.76. The highest BCUT2D eigenvalue weighted by atomic mass is 16.4. The van der Waals surface area contributed by atoms with Crippen molar-refractivity contribution in [2.45, 2.75) is 53.0 Å². The van der Waals surface area contributed by atoms with E-state index in [1.165, 1.54) is 6.21 Å². The molecule has 20 heavy (non-hydrogen) atoms. The fourth-order valence-corrected chi connectivity index (χ4v) is 2.28. The monoisotopic (exact) mass is 281 g/mol. The second-order valence-corrected chi connectivity index (χ2v) is 6.25. The summed E-state index contributed by atoms with van der Waals surface area (Å²) in [6, 6.07) is -0.886. The van der Waals surface area contributed by atoms with E-state index in [1.807, 2.05) is 20.8 Å². The Hall–Kier alpha value is -1.65. The second kappa shape index (κ2) is 6.20. The molecular weight excluding hydrogens is 258 g/mol. The van der Waals surface area contributed by atoms with Crippen molar-refractivity contribution in [3.8, 4) is 0 Å². The summed E-state index contributed by atoms with van der Waals surface area (Å²) in [5.41, 5.74) is -0.111. The number of carbonyl (C=O) groups is 2. The molecule has 0 aliphatic heterocycles. The molecule has 5 nitrogen and oxygen atoms in total. The van der Waals surface area contributed by atoms with Crippen molar-refractivity contribution in [1.29, 1.82) is 0 Å². The minimum atomic E-state index is -1.01. The van der Waals surface area contributed by atoms with E-state index in [9.17, 15) is 14.7 Å². The molecule has 0 aromatic carbocycles. The van der Waals surface area contributed by atoms with Crippen LogP contribution in [0.4, 0.5) is 0 Å². The van der Waals surface area contributed by atoms with Crippen LogP contribution in [0.1, 0.15) is 47.0 Å². The lowest BCUT2D eigenvalue weighted by atomic mass is 9.77. The van der Waals surface area contributed by atoms with Crippen LogP contribution in [0.3, 0.4) is 0 Å². The molecule has 1 aliphatic rings. The smallest absolute Gasteiger partial charge is 0.328 e. The van der Waals surface area contributed by atoms with Gasteiger partial charge in [0.2, 0.25) is 0 Å². The normalized spacial score (nSPS) is 22.1. The fourth-order valence-electron chi connectivity index (χ4n) is 2.28. The number of aliphatic hydroxyl groups excluding tert-OH is 1. The number of hydrogen-bond donors (Lipinski definition) is 2. The lowest BCUT2D eigenvalue weighted by Crippen LogP contribution is -2.28. The Kier molecular flexibility index (Phi) is 5.09. The number of nitrogens with zero attached hydrogens (tertiary/aromatic N) is 1. The third kappa shape index (κ3) is 3.92. The van der Waals surface area contributed by atoms with Gasteiger partial charge in [-0.15, -0.1) is 0 Å². The van der Waals surface area contributed by atoms with Crippen LogP contribution in [0.2, 0.25) is 0 Å². The Morgan fingerprint density at radius 1 is 1.45 bits per heavy atom. The molecule has 0 unspecified atom stereocenters. The molecule has 2 atom stereocenters. The van der Waals surface area contributed by atoms with Crippen LogP contribution in [0, 0.1) is 11.3 Å². The first-order valence-corrected chi connectivity index (χ1v) is 6.89. The number of carbonyl (C=O) groups excluding carboxylic acids is 1. The van der Waals surface area contributed by atoms with Crippen molar-refractivity contribution in [3.63, 3.8) is 0 Å². The largest absolute Gasteiger partial charge is 0.511 e. The van der Waals surface area contributed by atoms with Gasteiger partial charge in [-0.05, 0) is 11.3 Å². The Morgan fingerprint density at radius 2 is 2.05 bits per heavy atom. The number of Topliss-reactive ketones (excluding diaryl/α,β-unsaturated/α-hetero) is 1. The van der Waals surface area contributed by atoms with Crippen molar-refractivity contribution in [1.82, 2.24) is 0 Å². The molecule has 0 saturated heterocycles. The summed E-state index contributed by atoms with van der Waals surface area (Å²) in [5, 5.41) is 19.1. The molecule has 1 rings (SSSR count). The van der Waals surface area contributed by atoms with Crippen molar-refractivity contribution < 1.29 is 19.8 Å². The molecule has 0 bridgehead atoms. The van der Waals surface area contributed by atoms with Gasteiger partial charge in [-0.25, -0.2) is 4.79 Å². The van der Waals surface area contributed by atoms with Gasteiger partial charge in [0.25, 0.3) is 0 Å². The van der Waals surface area contributed by atoms with Gasteiger partial charge < -0.3 is 10.2 Å². The summed E-state index contributed by atoms with van der Waals surface area (Å²) in [6.07, 6.45) is 2.65. The van der Waals surface area contributed by atoms with E-state index >= 15 is 0 Å². The van der Waals surface area contributed by atoms with Gasteiger partial charge in [-0.1, -0.05) is 34.1 Å². The summed E-state index contributed by atoms with van der Waals surface area (Å²) in [6.45, 7) is 7.51. The molecule has 0 heterocycles. The molecule has 0 aromatic rings. The topological polar surface area (TPSA) is 87.0 Å². The van der Waals surface area contributed by atoms with E-state index in [0.717, 1.165) is 0 Å². The van der Waals surface area contributed by atoms with Crippen LogP contribution in [0.15, 0.2) is 16.3 Å². The van der Waals surface area contributed by atoms with Crippen LogP contribution < -0.4 is 0 Å². The van der Waals surface area contributed by atoms with Gasteiger partial charge in [0.05, 0.1) is 5.57 Å². The van der Waals surface area contributed by atoms with Crippen molar-refractivity contribution >= 4 is 18.0 Å². The van der Waals surface area contributed by atoms with Crippen LogP contribution in [-0.2, 0) is 9.59 Å². The zero-order chi connectivity index (χ0) is 15.5. The van der Waals surface area contributed by atoms with Gasteiger partial charge in [0.1, 0.15) is 11.8 Å². The van der Waals surface area contributed by atoms with E-state index in [2.05, 4.69) is 4.99 Å². The molecule has 0 spiro atoms. The Morgan fingerprint density at radius 3 is 2.50 bits per heavy atom. The number of aliphatic hydroxyl groups is 1. The Labute approximate surface area is 119 Å². The first kappa shape index (κ1) is 16.4. The lowest BCUT2D eigenvalue weighted by molar-refractivity contribution is -0.139. The van der Waals surface area contributed by atoms with Crippen molar-refractivity contribution in [2.75, 3.05) is 0 Å². The molecular formula is C15H23NO4. The third-order valence-corrected chi connectivity index (χ3v) is 3.70. The summed E-state index contributed by atoms with van der Waals surface area (Å²) in [7, 11) is 0. The van der Waals surface area contributed by atoms with Crippen LogP contribution in [0.25, 0.3) is 0 Å². The highest BCUT2D eigenvalue weighted by molar-refractivity contribution is 6.14. The number of carboxylic acids is 1. The summed E-state index contributed by atoms with van der Waals surface area (Å²) in [4.78, 5) is 27.2. The van der Waals surface area contributed by atoms with E-state index in [-0.39, 0.29) is 28.4 Å². The number of hydrogen-bond acceptors (Lipinski definition) is 4.